The van der Waals surface area contributed by atoms with Crippen molar-refractivity contribution < 1.29 is 4.79 Å². The minimum absolute atomic E-state index is 0.265. The third-order valence-corrected chi connectivity index (χ3v) is 4.89. The SMILES string of the molecule is C[C@@H](CCN1CCN(CC[C@H](C)CC(C)(C)C)C1=O)CC(C)(C)C. The molecule has 0 bridgehead atoms. The van der Waals surface area contributed by atoms with Crippen LogP contribution in [0.2, 0.25) is 0 Å². The first-order valence-electron chi connectivity index (χ1n) is 9.91. The number of rotatable bonds is 8. The van der Waals surface area contributed by atoms with Crippen molar-refractivity contribution >= 4 is 6.03 Å². The highest BCUT2D eigenvalue weighted by molar-refractivity contribution is 5.76. The largest absolute Gasteiger partial charge is 0.323 e. The van der Waals surface area contributed by atoms with Gasteiger partial charge in [0.1, 0.15) is 0 Å². The highest BCUT2D eigenvalue weighted by atomic mass is 16.2. The number of amides is 2. The van der Waals surface area contributed by atoms with Crippen molar-refractivity contribution in [2.24, 2.45) is 22.7 Å². The van der Waals surface area contributed by atoms with Crippen LogP contribution in [-0.4, -0.2) is 42.0 Å². The van der Waals surface area contributed by atoms with Crippen LogP contribution in [0.3, 0.4) is 0 Å². The minimum Gasteiger partial charge on any atom is -0.323 e. The van der Waals surface area contributed by atoms with E-state index in [-0.39, 0.29) is 6.03 Å². The number of urea groups is 1. The molecule has 1 heterocycles. The predicted molar refractivity (Wildman–Crippen MR) is 104 cm³/mol. The summed E-state index contributed by atoms with van der Waals surface area (Å²) in [6.07, 6.45) is 4.70. The average molecular weight is 339 g/mol. The van der Waals surface area contributed by atoms with E-state index in [0.717, 1.165) is 39.0 Å². The molecule has 1 rings (SSSR count). The maximum atomic E-state index is 12.6. The fourth-order valence-corrected chi connectivity index (χ4v) is 4.09. The molecule has 0 saturated carbocycles. The predicted octanol–water partition coefficient (Wildman–Crippen LogP) is 5.65. The van der Waals surface area contributed by atoms with E-state index in [1.807, 2.05) is 0 Å². The van der Waals surface area contributed by atoms with Crippen molar-refractivity contribution in [3.8, 4) is 0 Å². The van der Waals surface area contributed by atoms with Gasteiger partial charge in [-0.1, -0.05) is 55.4 Å². The van der Waals surface area contributed by atoms with Crippen molar-refractivity contribution in [1.82, 2.24) is 9.80 Å². The van der Waals surface area contributed by atoms with Crippen LogP contribution >= 0.6 is 0 Å². The fraction of sp³-hybridized carbons (Fsp3) is 0.952. The molecule has 1 fully saturated rings. The van der Waals surface area contributed by atoms with E-state index in [1.54, 1.807) is 0 Å². The molecule has 0 aliphatic carbocycles. The van der Waals surface area contributed by atoms with Crippen LogP contribution in [-0.2, 0) is 0 Å². The Kier molecular flexibility index (Phi) is 7.62. The van der Waals surface area contributed by atoms with Crippen molar-refractivity contribution in [2.75, 3.05) is 26.2 Å². The molecule has 0 N–H and O–H groups in total. The first-order chi connectivity index (χ1) is 10.9. The van der Waals surface area contributed by atoms with Crippen LogP contribution in [0.4, 0.5) is 4.79 Å². The van der Waals surface area contributed by atoms with E-state index < -0.39 is 0 Å². The van der Waals surface area contributed by atoms with Gasteiger partial charge in [-0.3, -0.25) is 0 Å². The van der Waals surface area contributed by atoms with Crippen LogP contribution in [0, 0.1) is 22.7 Å². The normalized spacial score (nSPS) is 19.1. The van der Waals surface area contributed by atoms with E-state index in [1.165, 1.54) is 12.8 Å². The molecule has 0 aromatic carbocycles. The van der Waals surface area contributed by atoms with E-state index >= 15 is 0 Å². The van der Waals surface area contributed by atoms with Gasteiger partial charge in [-0.15, -0.1) is 0 Å². The molecule has 142 valence electrons. The molecule has 24 heavy (non-hydrogen) atoms. The summed E-state index contributed by atoms with van der Waals surface area (Å²) in [5.41, 5.74) is 0.757. The summed E-state index contributed by atoms with van der Waals surface area (Å²) in [5, 5.41) is 0. The maximum absolute atomic E-state index is 12.6. The van der Waals surface area contributed by atoms with E-state index in [9.17, 15) is 4.79 Å². The Morgan fingerprint density at radius 1 is 0.792 bits per heavy atom. The molecule has 3 nitrogen and oxygen atoms in total. The van der Waals surface area contributed by atoms with Crippen LogP contribution in [0.5, 0.6) is 0 Å². The summed E-state index contributed by atoms with van der Waals surface area (Å²) in [6.45, 7) is 22.1. The number of hydrogen-bond acceptors (Lipinski definition) is 1. The molecule has 1 saturated heterocycles. The molecule has 3 heteroatoms. The molecular formula is C21H42N2O. The Morgan fingerprint density at radius 2 is 1.12 bits per heavy atom. The van der Waals surface area contributed by atoms with E-state index in [0.29, 0.717) is 22.7 Å². The molecule has 0 aromatic rings. The second kappa shape index (κ2) is 8.58. The number of carbonyl (C=O) groups is 1. The summed E-state index contributed by atoms with van der Waals surface area (Å²) < 4.78 is 0. The Labute approximate surface area is 151 Å². The molecule has 0 unspecified atom stereocenters. The Morgan fingerprint density at radius 3 is 1.42 bits per heavy atom. The third-order valence-electron chi connectivity index (χ3n) is 4.89. The molecule has 0 spiro atoms. The first-order valence-corrected chi connectivity index (χ1v) is 9.91. The van der Waals surface area contributed by atoms with Gasteiger partial charge in [0, 0.05) is 26.2 Å². The number of carbonyl (C=O) groups excluding carboxylic acids is 1. The lowest BCUT2D eigenvalue weighted by atomic mass is 9.84. The molecule has 1 aliphatic rings. The summed E-state index contributed by atoms with van der Waals surface area (Å²) in [6, 6.07) is 0.265. The van der Waals surface area contributed by atoms with Gasteiger partial charge in [0.2, 0.25) is 0 Å². The van der Waals surface area contributed by atoms with Crippen molar-refractivity contribution in [1.29, 1.82) is 0 Å². The minimum atomic E-state index is 0.265. The molecular weight excluding hydrogens is 296 g/mol. The third kappa shape index (κ3) is 8.39. The Bertz CT molecular complexity index is 356. The van der Waals surface area contributed by atoms with Gasteiger partial charge in [0.25, 0.3) is 0 Å². The lowest BCUT2D eigenvalue weighted by Crippen LogP contribution is -2.34. The van der Waals surface area contributed by atoms with Crippen molar-refractivity contribution in [2.45, 2.75) is 81.1 Å². The summed E-state index contributed by atoms with van der Waals surface area (Å²) in [4.78, 5) is 16.7. The Balaban J connectivity index is 2.32. The van der Waals surface area contributed by atoms with Crippen molar-refractivity contribution in [3.63, 3.8) is 0 Å². The zero-order chi connectivity index (χ0) is 18.5. The van der Waals surface area contributed by atoms with Gasteiger partial charge < -0.3 is 9.80 Å². The second-order valence-electron chi connectivity index (χ2n) is 10.6. The molecule has 2 amide bonds. The molecule has 0 aromatic heterocycles. The zero-order valence-corrected chi connectivity index (χ0v) is 17.6. The van der Waals surface area contributed by atoms with Crippen LogP contribution in [0.25, 0.3) is 0 Å². The summed E-state index contributed by atoms with van der Waals surface area (Å²) >= 11 is 0. The van der Waals surface area contributed by atoms with E-state index in [4.69, 9.17) is 0 Å². The maximum Gasteiger partial charge on any atom is 0.320 e. The number of hydrogen-bond donors (Lipinski definition) is 0. The molecule has 0 radical (unpaired) electrons. The summed E-state index contributed by atoms with van der Waals surface area (Å²) in [5.74, 6) is 1.36. The van der Waals surface area contributed by atoms with Gasteiger partial charge in [-0.25, -0.2) is 4.79 Å². The van der Waals surface area contributed by atoms with Crippen molar-refractivity contribution in [3.05, 3.63) is 0 Å². The lowest BCUT2D eigenvalue weighted by Gasteiger charge is -2.26. The highest BCUT2D eigenvalue weighted by Gasteiger charge is 2.29. The quantitative estimate of drug-likeness (QED) is 0.561. The smallest absolute Gasteiger partial charge is 0.320 e. The highest BCUT2D eigenvalue weighted by Crippen LogP contribution is 2.27. The van der Waals surface area contributed by atoms with Gasteiger partial charge in [0.05, 0.1) is 0 Å². The number of nitrogens with zero attached hydrogens (tertiary/aromatic N) is 2. The van der Waals surface area contributed by atoms with Crippen LogP contribution in [0.15, 0.2) is 0 Å². The standard InChI is InChI=1S/C21H42N2O/c1-17(15-20(3,4)5)9-11-22-13-14-23(19(22)24)12-10-18(2)16-21(6,7)8/h17-18H,9-16H2,1-8H3/t17-,18-/m0/s1. The first kappa shape index (κ1) is 21.3. The fourth-order valence-electron chi connectivity index (χ4n) is 4.09. The van der Waals surface area contributed by atoms with Gasteiger partial charge in [0.15, 0.2) is 0 Å². The van der Waals surface area contributed by atoms with E-state index in [2.05, 4.69) is 65.2 Å². The van der Waals surface area contributed by atoms with Crippen LogP contribution in [0.1, 0.15) is 81.1 Å². The molecule has 2 atom stereocenters. The zero-order valence-electron chi connectivity index (χ0n) is 17.6. The topological polar surface area (TPSA) is 23.6 Å². The van der Waals surface area contributed by atoms with Gasteiger partial charge >= 0.3 is 6.03 Å². The molecule has 1 aliphatic heterocycles. The van der Waals surface area contributed by atoms with Gasteiger partial charge in [-0.2, -0.15) is 0 Å². The monoisotopic (exact) mass is 338 g/mol. The Hall–Kier alpha value is -0.730. The average Bonchev–Trinajstić information content (AvgIpc) is 2.71. The van der Waals surface area contributed by atoms with Gasteiger partial charge in [-0.05, 0) is 48.3 Å². The van der Waals surface area contributed by atoms with Crippen LogP contribution < -0.4 is 0 Å². The summed E-state index contributed by atoms with van der Waals surface area (Å²) in [7, 11) is 0. The lowest BCUT2D eigenvalue weighted by molar-refractivity contribution is 0.183. The second-order valence-corrected chi connectivity index (χ2v) is 10.6.